The standard InChI is InChI=1S/C17H14N2O5/c1-3-23-17(20)13(10-18)8-14-6-7-16(24-14)12-5-4-11(2)15(9-12)19(21)22/h4-9H,3H2,1-2H3. The maximum absolute atomic E-state index is 11.6. The number of hydrogen-bond acceptors (Lipinski definition) is 6. The quantitative estimate of drug-likeness (QED) is 0.273. The molecule has 0 amide bonds. The monoisotopic (exact) mass is 326 g/mol. The van der Waals surface area contributed by atoms with Crippen LogP contribution in [0, 0.1) is 28.4 Å². The summed E-state index contributed by atoms with van der Waals surface area (Å²) in [4.78, 5) is 22.1. The van der Waals surface area contributed by atoms with Crippen molar-refractivity contribution in [3.05, 3.63) is 57.3 Å². The molecule has 0 bridgehead atoms. The van der Waals surface area contributed by atoms with Gasteiger partial charge in [-0.05, 0) is 26.0 Å². The lowest BCUT2D eigenvalue weighted by atomic mass is 10.1. The summed E-state index contributed by atoms with van der Waals surface area (Å²) >= 11 is 0. The number of aryl methyl sites for hydroxylation is 1. The number of furan rings is 1. The van der Waals surface area contributed by atoms with Crippen molar-refractivity contribution >= 4 is 17.7 Å². The summed E-state index contributed by atoms with van der Waals surface area (Å²) in [5.41, 5.74) is 0.879. The number of rotatable bonds is 5. The van der Waals surface area contributed by atoms with Crippen LogP contribution in [0.25, 0.3) is 17.4 Å². The fourth-order valence-corrected chi connectivity index (χ4v) is 2.03. The molecule has 0 saturated heterocycles. The SMILES string of the molecule is CCOC(=O)C(C#N)=Cc1ccc(-c2ccc(C)c([N+](=O)[O-])c2)o1. The van der Waals surface area contributed by atoms with E-state index in [1.807, 2.05) is 0 Å². The Balaban J connectivity index is 2.34. The van der Waals surface area contributed by atoms with Crippen LogP contribution in [0.2, 0.25) is 0 Å². The van der Waals surface area contributed by atoms with Gasteiger partial charge in [0.05, 0.1) is 11.5 Å². The lowest BCUT2D eigenvalue weighted by Gasteiger charge is -2.00. The van der Waals surface area contributed by atoms with E-state index in [-0.39, 0.29) is 23.6 Å². The third kappa shape index (κ3) is 3.67. The fraction of sp³-hybridized carbons (Fsp3) is 0.176. The number of carbonyl (C=O) groups is 1. The number of nitrogens with zero attached hydrogens (tertiary/aromatic N) is 2. The van der Waals surface area contributed by atoms with Crippen LogP contribution in [-0.4, -0.2) is 17.5 Å². The number of benzene rings is 1. The lowest BCUT2D eigenvalue weighted by molar-refractivity contribution is -0.385. The Hall–Kier alpha value is -3.40. The predicted octanol–water partition coefficient (Wildman–Crippen LogP) is 3.63. The Morgan fingerprint density at radius 1 is 1.42 bits per heavy atom. The minimum atomic E-state index is -0.732. The van der Waals surface area contributed by atoms with Crippen LogP contribution in [0.15, 0.2) is 40.3 Å². The van der Waals surface area contributed by atoms with Gasteiger partial charge >= 0.3 is 5.97 Å². The van der Waals surface area contributed by atoms with Gasteiger partial charge < -0.3 is 9.15 Å². The highest BCUT2D eigenvalue weighted by molar-refractivity contribution is 5.97. The van der Waals surface area contributed by atoms with Crippen molar-refractivity contribution in [3.63, 3.8) is 0 Å². The maximum atomic E-state index is 11.6. The van der Waals surface area contributed by atoms with Crippen molar-refractivity contribution in [1.29, 1.82) is 5.26 Å². The highest BCUT2D eigenvalue weighted by Gasteiger charge is 2.15. The molecule has 0 fully saturated rings. The Labute approximate surface area is 137 Å². The zero-order chi connectivity index (χ0) is 17.7. The van der Waals surface area contributed by atoms with Crippen molar-refractivity contribution in [2.24, 2.45) is 0 Å². The number of ether oxygens (including phenoxy) is 1. The highest BCUT2D eigenvalue weighted by atomic mass is 16.6. The normalized spacial score (nSPS) is 11.0. The Morgan fingerprint density at radius 2 is 2.17 bits per heavy atom. The Morgan fingerprint density at radius 3 is 2.79 bits per heavy atom. The Kier molecular flexibility index (Phi) is 5.12. The molecular formula is C17H14N2O5. The summed E-state index contributed by atoms with van der Waals surface area (Å²) in [6.45, 7) is 3.45. The second kappa shape index (κ2) is 7.24. The molecule has 0 saturated carbocycles. The van der Waals surface area contributed by atoms with Crippen molar-refractivity contribution in [2.45, 2.75) is 13.8 Å². The zero-order valence-electron chi connectivity index (χ0n) is 13.1. The fourth-order valence-electron chi connectivity index (χ4n) is 2.03. The molecule has 0 spiro atoms. The smallest absolute Gasteiger partial charge is 0.349 e. The second-order valence-electron chi connectivity index (χ2n) is 4.85. The van der Waals surface area contributed by atoms with Crippen molar-refractivity contribution in [1.82, 2.24) is 0 Å². The van der Waals surface area contributed by atoms with Crippen molar-refractivity contribution < 1.29 is 18.9 Å². The first-order valence-corrected chi connectivity index (χ1v) is 7.10. The molecule has 2 rings (SSSR count). The molecule has 24 heavy (non-hydrogen) atoms. The average Bonchev–Trinajstić information content (AvgIpc) is 3.01. The van der Waals surface area contributed by atoms with E-state index in [1.54, 1.807) is 44.2 Å². The predicted molar refractivity (Wildman–Crippen MR) is 85.8 cm³/mol. The Bertz CT molecular complexity index is 858. The minimum absolute atomic E-state index is 0.00905. The molecule has 0 aliphatic heterocycles. The number of nitro groups is 1. The lowest BCUT2D eigenvalue weighted by Crippen LogP contribution is -2.05. The first-order valence-electron chi connectivity index (χ1n) is 7.10. The first kappa shape index (κ1) is 17.0. The molecule has 1 aromatic heterocycles. The van der Waals surface area contributed by atoms with Crippen LogP contribution in [0.4, 0.5) is 5.69 Å². The van der Waals surface area contributed by atoms with Crippen molar-refractivity contribution in [2.75, 3.05) is 6.61 Å². The molecule has 0 atom stereocenters. The largest absolute Gasteiger partial charge is 0.462 e. The van der Waals surface area contributed by atoms with Gasteiger partial charge in [0.25, 0.3) is 5.69 Å². The summed E-state index contributed by atoms with van der Waals surface area (Å²) in [5, 5.41) is 20.0. The van der Waals surface area contributed by atoms with Gasteiger partial charge in [0.2, 0.25) is 0 Å². The van der Waals surface area contributed by atoms with E-state index in [0.29, 0.717) is 16.9 Å². The van der Waals surface area contributed by atoms with Crippen LogP contribution in [0.3, 0.4) is 0 Å². The van der Waals surface area contributed by atoms with Crippen LogP contribution < -0.4 is 0 Å². The minimum Gasteiger partial charge on any atom is -0.462 e. The van der Waals surface area contributed by atoms with Gasteiger partial charge in [-0.1, -0.05) is 12.1 Å². The topological polar surface area (TPSA) is 106 Å². The van der Waals surface area contributed by atoms with Crippen LogP contribution in [0.5, 0.6) is 0 Å². The summed E-state index contributed by atoms with van der Waals surface area (Å²) in [6.07, 6.45) is 1.27. The van der Waals surface area contributed by atoms with Gasteiger partial charge in [-0.15, -0.1) is 0 Å². The summed E-state index contributed by atoms with van der Waals surface area (Å²) in [5.74, 6) is -0.0627. The molecule has 0 aliphatic rings. The van der Waals surface area contributed by atoms with E-state index in [4.69, 9.17) is 14.4 Å². The molecule has 1 aromatic carbocycles. The molecule has 7 nitrogen and oxygen atoms in total. The summed E-state index contributed by atoms with van der Waals surface area (Å²) in [6, 6.07) is 9.68. The number of esters is 1. The van der Waals surface area contributed by atoms with E-state index in [9.17, 15) is 14.9 Å². The highest BCUT2D eigenvalue weighted by Crippen LogP contribution is 2.28. The second-order valence-corrected chi connectivity index (χ2v) is 4.85. The summed E-state index contributed by atoms with van der Waals surface area (Å²) < 4.78 is 10.3. The van der Waals surface area contributed by atoms with E-state index in [2.05, 4.69) is 0 Å². The molecule has 7 heteroatoms. The van der Waals surface area contributed by atoms with Gasteiger partial charge in [-0.2, -0.15) is 5.26 Å². The molecule has 122 valence electrons. The van der Waals surface area contributed by atoms with Gasteiger partial charge in [0.1, 0.15) is 23.2 Å². The van der Waals surface area contributed by atoms with Crippen molar-refractivity contribution in [3.8, 4) is 17.4 Å². The third-order valence-corrected chi connectivity index (χ3v) is 3.22. The number of hydrogen-bond donors (Lipinski definition) is 0. The molecule has 2 aromatic rings. The number of nitriles is 1. The van der Waals surface area contributed by atoms with Crippen LogP contribution in [-0.2, 0) is 9.53 Å². The molecule has 0 radical (unpaired) electrons. The number of nitro benzene ring substituents is 1. The van der Waals surface area contributed by atoms with Gasteiger partial charge in [-0.3, -0.25) is 10.1 Å². The molecule has 1 heterocycles. The van der Waals surface area contributed by atoms with E-state index in [0.717, 1.165) is 0 Å². The molecule has 0 N–H and O–H groups in total. The third-order valence-electron chi connectivity index (χ3n) is 3.22. The molecular weight excluding hydrogens is 312 g/mol. The van der Waals surface area contributed by atoms with E-state index in [1.165, 1.54) is 12.1 Å². The van der Waals surface area contributed by atoms with E-state index >= 15 is 0 Å². The zero-order valence-corrected chi connectivity index (χ0v) is 13.1. The van der Waals surface area contributed by atoms with E-state index < -0.39 is 10.9 Å². The van der Waals surface area contributed by atoms with Gasteiger partial charge in [-0.25, -0.2) is 4.79 Å². The average molecular weight is 326 g/mol. The molecule has 0 unspecified atom stereocenters. The summed E-state index contributed by atoms with van der Waals surface area (Å²) in [7, 11) is 0. The van der Waals surface area contributed by atoms with Gasteiger partial charge in [0.15, 0.2) is 0 Å². The van der Waals surface area contributed by atoms with Crippen LogP contribution >= 0.6 is 0 Å². The van der Waals surface area contributed by atoms with Gasteiger partial charge in [0, 0.05) is 23.3 Å². The molecule has 0 aliphatic carbocycles. The van der Waals surface area contributed by atoms with Crippen LogP contribution in [0.1, 0.15) is 18.2 Å². The first-order chi connectivity index (χ1) is 11.5. The maximum Gasteiger partial charge on any atom is 0.349 e. The number of carbonyl (C=O) groups excluding carboxylic acids is 1.